The SMILES string of the molecule is COc1ccc(C)cc1CNc1cc(F)c(Br)cc1C. The number of rotatable bonds is 4. The summed E-state index contributed by atoms with van der Waals surface area (Å²) in [5.74, 6) is 0.563. The van der Waals surface area contributed by atoms with Gasteiger partial charge < -0.3 is 10.1 Å². The van der Waals surface area contributed by atoms with Gasteiger partial charge in [0.05, 0.1) is 11.6 Å². The normalized spacial score (nSPS) is 10.4. The summed E-state index contributed by atoms with van der Waals surface area (Å²) >= 11 is 3.19. The van der Waals surface area contributed by atoms with Gasteiger partial charge in [0.1, 0.15) is 11.6 Å². The van der Waals surface area contributed by atoms with Crippen LogP contribution in [-0.2, 0) is 6.54 Å². The molecule has 0 aromatic heterocycles. The molecular formula is C16H17BrFNO. The van der Waals surface area contributed by atoms with E-state index in [-0.39, 0.29) is 5.82 Å². The van der Waals surface area contributed by atoms with Crippen molar-refractivity contribution >= 4 is 21.6 Å². The first kappa shape index (κ1) is 14.9. The Morgan fingerprint density at radius 3 is 2.65 bits per heavy atom. The van der Waals surface area contributed by atoms with Crippen LogP contribution in [0, 0.1) is 19.7 Å². The molecule has 0 saturated carbocycles. The molecule has 0 aliphatic heterocycles. The first-order valence-electron chi connectivity index (χ1n) is 6.34. The van der Waals surface area contributed by atoms with Gasteiger partial charge in [-0.2, -0.15) is 0 Å². The van der Waals surface area contributed by atoms with Crippen LogP contribution >= 0.6 is 15.9 Å². The summed E-state index contributed by atoms with van der Waals surface area (Å²) in [4.78, 5) is 0. The van der Waals surface area contributed by atoms with Gasteiger partial charge in [0.25, 0.3) is 0 Å². The lowest BCUT2D eigenvalue weighted by Crippen LogP contribution is -2.04. The Morgan fingerprint density at radius 2 is 1.95 bits per heavy atom. The highest BCUT2D eigenvalue weighted by Crippen LogP contribution is 2.26. The number of benzene rings is 2. The fourth-order valence-electron chi connectivity index (χ4n) is 2.07. The van der Waals surface area contributed by atoms with E-state index < -0.39 is 0 Å². The average molecular weight is 338 g/mol. The number of anilines is 1. The monoisotopic (exact) mass is 337 g/mol. The molecule has 0 radical (unpaired) electrons. The number of aryl methyl sites for hydroxylation is 2. The van der Waals surface area contributed by atoms with E-state index in [2.05, 4.69) is 27.3 Å². The van der Waals surface area contributed by atoms with E-state index in [0.717, 1.165) is 22.6 Å². The lowest BCUT2D eigenvalue weighted by atomic mass is 10.1. The lowest BCUT2D eigenvalue weighted by molar-refractivity contribution is 0.410. The van der Waals surface area contributed by atoms with Crippen molar-refractivity contribution in [3.05, 3.63) is 57.3 Å². The molecule has 0 heterocycles. The largest absolute Gasteiger partial charge is 0.496 e. The van der Waals surface area contributed by atoms with Crippen molar-refractivity contribution in [2.75, 3.05) is 12.4 Å². The maximum Gasteiger partial charge on any atom is 0.139 e. The first-order valence-corrected chi connectivity index (χ1v) is 7.13. The third kappa shape index (κ3) is 3.31. The number of hydrogen-bond acceptors (Lipinski definition) is 2. The molecule has 2 aromatic carbocycles. The zero-order valence-electron chi connectivity index (χ0n) is 11.8. The molecule has 0 amide bonds. The van der Waals surface area contributed by atoms with E-state index in [4.69, 9.17) is 4.74 Å². The second-order valence-corrected chi connectivity index (χ2v) is 5.60. The highest BCUT2D eigenvalue weighted by Gasteiger charge is 2.07. The van der Waals surface area contributed by atoms with Gasteiger partial charge in [-0.1, -0.05) is 17.7 Å². The minimum atomic E-state index is -0.269. The van der Waals surface area contributed by atoms with E-state index >= 15 is 0 Å². The molecule has 0 bridgehead atoms. The molecule has 0 unspecified atom stereocenters. The van der Waals surface area contributed by atoms with Crippen molar-refractivity contribution in [2.45, 2.75) is 20.4 Å². The molecular weight excluding hydrogens is 321 g/mol. The molecule has 2 rings (SSSR count). The lowest BCUT2D eigenvalue weighted by Gasteiger charge is -2.13. The van der Waals surface area contributed by atoms with Gasteiger partial charge in [-0.15, -0.1) is 0 Å². The van der Waals surface area contributed by atoms with Crippen LogP contribution < -0.4 is 10.1 Å². The van der Waals surface area contributed by atoms with Gasteiger partial charge in [-0.25, -0.2) is 4.39 Å². The summed E-state index contributed by atoms with van der Waals surface area (Å²) in [5, 5.41) is 3.26. The maximum atomic E-state index is 13.6. The van der Waals surface area contributed by atoms with Crippen molar-refractivity contribution in [3.63, 3.8) is 0 Å². The number of nitrogens with one attached hydrogen (secondary N) is 1. The van der Waals surface area contributed by atoms with Crippen LogP contribution in [0.3, 0.4) is 0 Å². The smallest absolute Gasteiger partial charge is 0.139 e. The molecule has 0 aliphatic carbocycles. The second kappa shape index (κ2) is 6.27. The number of halogens is 2. The Balaban J connectivity index is 2.21. The van der Waals surface area contributed by atoms with Crippen LogP contribution in [0.1, 0.15) is 16.7 Å². The Labute approximate surface area is 127 Å². The number of ether oxygens (including phenoxy) is 1. The molecule has 0 aliphatic rings. The van der Waals surface area contributed by atoms with Crippen molar-refractivity contribution in [3.8, 4) is 5.75 Å². The van der Waals surface area contributed by atoms with Gasteiger partial charge in [0.2, 0.25) is 0 Å². The highest BCUT2D eigenvalue weighted by atomic mass is 79.9. The van der Waals surface area contributed by atoms with Gasteiger partial charge in [0.15, 0.2) is 0 Å². The Kier molecular flexibility index (Phi) is 4.65. The van der Waals surface area contributed by atoms with Gasteiger partial charge >= 0.3 is 0 Å². The van der Waals surface area contributed by atoms with Gasteiger partial charge in [-0.3, -0.25) is 0 Å². The Bertz CT molecular complexity index is 628. The Hall–Kier alpha value is -1.55. The zero-order chi connectivity index (χ0) is 14.7. The molecule has 1 N–H and O–H groups in total. The van der Waals surface area contributed by atoms with Gasteiger partial charge in [0, 0.05) is 17.8 Å². The first-order chi connectivity index (χ1) is 9.51. The van der Waals surface area contributed by atoms with Crippen LogP contribution in [0.25, 0.3) is 0 Å². The van der Waals surface area contributed by atoms with Crippen molar-refractivity contribution in [2.24, 2.45) is 0 Å². The van der Waals surface area contributed by atoms with E-state index in [1.54, 1.807) is 13.2 Å². The summed E-state index contributed by atoms with van der Waals surface area (Å²) in [6.45, 7) is 4.57. The minimum Gasteiger partial charge on any atom is -0.496 e. The van der Waals surface area contributed by atoms with Crippen LogP contribution in [-0.4, -0.2) is 7.11 Å². The Morgan fingerprint density at radius 1 is 1.20 bits per heavy atom. The summed E-state index contributed by atoms with van der Waals surface area (Å²) in [6.07, 6.45) is 0. The topological polar surface area (TPSA) is 21.3 Å². The summed E-state index contributed by atoms with van der Waals surface area (Å²) in [6, 6.07) is 9.29. The van der Waals surface area contributed by atoms with Crippen molar-refractivity contribution in [1.29, 1.82) is 0 Å². The molecule has 0 atom stereocenters. The standard InChI is InChI=1S/C16H17BrFNO/c1-10-4-5-16(20-3)12(6-10)9-19-15-8-14(18)13(17)7-11(15)2/h4-8,19H,9H2,1-3H3. The van der Waals surface area contributed by atoms with Crippen molar-refractivity contribution < 1.29 is 9.13 Å². The number of methoxy groups -OCH3 is 1. The molecule has 0 saturated heterocycles. The van der Waals surface area contributed by atoms with Crippen LogP contribution in [0.15, 0.2) is 34.8 Å². The maximum absolute atomic E-state index is 13.6. The third-order valence-corrected chi connectivity index (χ3v) is 3.78. The van der Waals surface area contributed by atoms with Crippen LogP contribution in [0.4, 0.5) is 10.1 Å². The van der Waals surface area contributed by atoms with Gasteiger partial charge in [-0.05, 0) is 53.5 Å². The minimum absolute atomic E-state index is 0.269. The van der Waals surface area contributed by atoms with Crippen molar-refractivity contribution in [1.82, 2.24) is 0 Å². The zero-order valence-corrected chi connectivity index (χ0v) is 13.3. The quantitative estimate of drug-likeness (QED) is 0.862. The molecule has 4 heteroatoms. The highest BCUT2D eigenvalue weighted by molar-refractivity contribution is 9.10. The summed E-state index contributed by atoms with van der Waals surface area (Å²) in [7, 11) is 1.65. The second-order valence-electron chi connectivity index (χ2n) is 4.75. The predicted molar refractivity (Wildman–Crippen MR) is 83.9 cm³/mol. The fourth-order valence-corrected chi connectivity index (χ4v) is 2.53. The average Bonchev–Trinajstić information content (AvgIpc) is 2.41. The molecule has 2 aromatic rings. The molecule has 106 valence electrons. The molecule has 0 spiro atoms. The fraction of sp³-hybridized carbons (Fsp3) is 0.250. The molecule has 0 fully saturated rings. The predicted octanol–water partition coefficient (Wildman–Crippen LogP) is 4.83. The summed E-state index contributed by atoms with van der Waals surface area (Å²) in [5.41, 5.74) is 4.00. The van der Waals surface area contributed by atoms with Crippen LogP contribution in [0.2, 0.25) is 0 Å². The van der Waals surface area contributed by atoms with Crippen LogP contribution in [0.5, 0.6) is 5.75 Å². The van der Waals surface area contributed by atoms with E-state index in [0.29, 0.717) is 11.0 Å². The number of hydrogen-bond donors (Lipinski definition) is 1. The summed E-state index contributed by atoms with van der Waals surface area (Å²) < 4.78 is 19.4. The van der Waals surface area contributed by atoms with E-state index in [1.807, 2.05) is 26.0 Å². The van der Waals surface area contributed by atoms with E-state index in [9.17, 15) is 4.39 Å². The molecule has 20 heavy (non-hydrogen) atoms. The molecule has 2 nitrogen and oxygen atoms in total. The third-order valence-electron chi connectivity index (χ3n) is 3.17. The van der Waals surface area contributed by atoms with E-state index in [1.165, 1.54) is 11.6 Å².